The molecule has 20 heavy (non-hydrogen) atoms. The maximum Gasteiger partial charge on any atom is 0.119 e. The number of nitrogens with one attached hydrogen (secondary N) is 1. The predicted molar refractivity (Wildman–Crippen MR) is 84.1 cm³/mol. The molecule has 2 rings (SSSR count). The van der Waals surface area contributed by atoms with Crippen molar-refractivity contribution in [1.29, 1.82) is 0 Å². The first kappa shape index (κ1) is 15.1. The molecular weight excluding hydrogens is 318 g/mol. The van der Waals surface area contributed by atoms with Crippen molar-refractivity contribution in [2.75, 3.05) is 13.7 Å². The summed E-state index contributed by atoms with van der Waals surface area (Å²) in [6, 6.07) is 8.32. The second-order valence-corrected chi connectivity index (χ2v) is 5.58. The van der Waals surface area contributed by atoms with Gasteiger partial charge in [0.2, 0.25) is 0 Å². The van der Waals surface area contributed by atoms with Gasteiger partial charge in [0.05, 0.1) is 19.6 Å². The van der Waals surface area contributed by atoms with Crippen LogP contribution in [0.4, 0.5) is 0 Å². The van der Waals surface area contributed by atoms with Crippen molar-refractivity contribution in [2.45, 2.75) is 25.8 Å². The van der Waals surface area contributed by atoms with Crippen LogP contribution in [-0.4, -0.2) is 13.7 Å². The number of halogens is 1. The Labute approximate surface area is 128 Å². The molecule has 0 saturated heterocycles. The highest BCUT2D eigenvalue weighted by molar-refractivity contribution is 9.10. The van der Waals surface area contributed by atoms with E-state index in [0.717, 1.165) is 29.6 Å². The summed E-state index contributed by atoms with van der Waals surface area (Å²) >= 11 is 3.61. The SMILES string of the molecule is CCCNC(Cc1cc(OC)ccc1Br)c1ccoc1. The second kappa shape index (κ2) is 7.50. The van der Waals surface area contributed by atoms with Gasteiger partial charge in [-0.1, -0.05) is 22.9 Å². The third kappa shape index (κ3) is 3.87. The zero-order chi connectivity index (χ0) is 14.4. The highest BCUT2D eigenvalue weighted by Crippen LogP contribution is 2.27. The maximum absolute atomic E-state index is 5.30. The minimum atomic E-state index is 0.247. The molecule has 1 unspecified atom stereocenters. The molecule has 108 valence electrons. The summed E-state index contributed by atoms with van der Waals surface area (Å²) in [5.74, 6) is 0.879. The highest BCUT2D eigenvalue weighted by atomic mass is 79.9. The van der Waals surface area contributed by atoms with Crippen molar-refractivity contribution in [3.8, 4) is 5.75 Å². The summed E-state index contributed by atoms with van der Waals surface area (Å²) in [7, 11) is 1.69. The van der Waals surface area contributed by atoms with Crippen molar-refractivity contribution in [3.63, 3.8) is 0 Å². The fourth-order valence-electron chi connectivity index (χ4n) is 2.15. The third-order valence-corrected chi connectivity index (χ3v) is 4.04. The first-order valence-electron chi connectivity index (χ1n) is 6.82. The van der Waals surface area contributed by atoms with Crippen molar-refractivity contribution < 1.29 is 9.15 Å². The van der Waals surface area contributed by atoms with E-state index in [1.54, 1.807) is 19.6 Å². The molecule has 0 spiro atoms. The number of hydrogen-bond donors (Lipinski definition) is 1. The Morgan fingerprint density at radius 3 is 2.85 bits per heavy atom. The lowest BCUT2D eigenvalue weighted by molar-refractivity contribution is 0.413. The van der Waals surface area contributed by atoms with Gasteiger partial charge in [-0.05, 0) is 49.2 Å². The number of ether oxygens (including phenoxy) is 1. The van der Waals surface area contributed by atoms with Crippen LogP contribution < -0.4 is 10.1 Å². The fraction of sp³-hybridized carbons (Fsp3) is 0.375. The quantitative estimate of drug-likeness (QED) is 0.816. The molecule has 0 bridgehead atoms. The van der Waals surface area contributed by atoms with Crippen LogP contribution in [0, 0.1) is 0 Å². The van der Waals surface area contributed by atoms with Crippen LogP contribution in [0.3, 0.4) is 0 Å². The van der Waals surface area contributed by atoms with Crippen LogP contribution in [-0.2, 0) is 6.42 Å². The summed E-state index contributed by atoms with van der Waals surface area (Å²) in [5, 5.41) is 3.56. The zero-order valence-electron chi connectivity index (χ0n) is 11.9. The Kier molecular flexibility index (Phi) is 5.68. The molecule has 0 fully saturated rings. The molecule has 1 atom stereocenters. The number of furan rings is 1. The molecular formula is C16H20BrNO2. The maximum atomic E-state index is 5.30. The normalized spacial score (nSPS) is 12.3. The molecule has 1 aromatic heterocycles. The molecule has 0 saturated carbocycles. The van der Waals surface area contributed by atoms with Crippen LogP contribution >= 0.6 is 15.9 Å². The Hall–Kier alpha value is -1.26. The molecule has 0 aliphatic heterocycles. The summed E-state index contributed by atoms with van der Waals surface area (Å²) in [6.07, 6.45) is 5.52. The topological polar surface area (TPSA) is 34.4 Å². The molecule has 1 heterocycles. The van der Waals surface area contributed by atoms with Crippen LogP contribution in [0.1, 0.15) is 30.5 Å². The lowest BCUT2D eigenvalue weighted by atomic mass is 10.0. The second-order valence-electron chi connectivity index (χ2n) is 4.72. The van der Waals surface area contributed by atoms with Crippen molar-refractivity contribution >= 4 is 15.9 Å². The zero-order valence-corrected chi connectivity index (χ0v) is 13.4. The molecule has 3 nitrogen and oxygen atoms in total. The average Bonchev–Trinajstić information content (AvgIpc) is 2.99. The molecule has 4 heteroatoms. The van der Waals surface area contributed by atoms with E-state index in [1.807, 2.05) is 18.2 Å². The smallest absolute Gasteiger partial charge is 0.119 e. The predicted octanol–water partition coefficient (Wildman–Crippen LogP) is 4.33. The van der Waals surface area contributed by atoms with E-state index in [2.05, 4.69) is 34.2 Å². The third-order valence-electron chi connectivity index (χ3n) is 3.26. The summed E-state index contributed by atoms with van der Waals surface area (Å²) in [6.45, 7) is 3.15. The lowest BCUT2D eigenvalue weighted by Gasteiger charge is -2.18. The van der Waals surface area contributed by atoms with Gasteiger partial charge in [0.25, 0.3) is 0 Å². The van der Waals surface area contributed by atoms with Crippen molar-refractivity contribution in [3.05, 3.63) is 52.4 Å². The van der Waals surface area contributed by atoms with Crippen LogP contribution in [0.25, 0.3) is 0 Å². The number of rotatable bonds is 7. The van der Waals surface area contributed by atoms with E-state index >= 15 is 0 Å². The van der Waals surface area contributed by atoms with Gasteiger partial charge < -0.3 is 14.5 Å². The molecule has 0 aliphatic carbocycles. The molecule has 1 N–H and O–H groups in total. The first-order valence-corrected chi connectivity index (χ1v) is 7.61. The molecule has 0 aliphatic rings. The van der Waals surface area contributed by atoms with Gasteiger partial charge in [0, 0.05) is 16.1 Å². The van der Waals surface area contributed by atoms with E-state index < -0.39 is 0 Å². The number of methoxy groups -OCH3 is 1. The Bertz CT molecular complexity index is 525. The van der Waals surface area contributed by atoms with Gasteiger partial charge in [-0.25, -0.2) is 0 Å². The van der Waals surface area contributed by atoms with Crippen molar-refractivity contribution in [2.24, 2.45) is 0 Å². The molecule has 2 aromatic rings. The summed E-state index contributed by atoms with van der Waals surface area (Å²) in [5.41, 5.74) is 2.40. The molecule has 1 aromatic carbocycles. The summed E-state index contributed by atoms with van der Waals surface area (Å²) in [4.78, 5) is 0. The number of benzene rings is 1. The van der Waals surface area contributed by atoms with Crippen LogP contribution in [0.15, 0.2) is 45.7 Å². The average molecular weight is 338 g/mol. The van der Waals surface area contributed by atoms with Gasteiger partial charge in [0.1, 0.15) is 5.75 Å². The van der Waals surface area contributed by atoms with Gasteiger partial charge in [-0.3, -0.25) is 0 Å². The Morgan fingerprint density at radius 1 is 1.35 bits per heavy atom. The van der Waals surface area contributed by atoms with E-state index in [0.29, 0.717) is 0 Å². The van der Waals surface area contributed by atoms with Crippen LogP contribution in [0.2, 0.25) is 0 Å². The summed E-state index contributed by atoms with van der Waals surface area (Å²) < 4.78 is 11.6. The standard InChI is InChI=1S/C16H20BrNO2/c1-3-7-18-16(12-6-8-20-11-12)10-13-9-14(19-2)4-5-15(13)17/h4-6,8-9,11,16,18H,3,7,10H2,1-2H3. The van der Waals surface area contributed by atoms with Crippen molar-refractivity contribution in [1.82, 2.24) is 5.32 Å². The van der Waals surface area contributed by atoms with E-state index in [1.165, 1.54) is 11.1 Å². The van der Waals surface area contributed by atoms with E-state index in [4.69, 9.17) is 9.15 Å². The van der Waals surface area contributed by atoms with Crippen LogP contribution in [0.5, 0.6) is 5.75 Å². The monoisotopic (exact) mass is 337 g/mol. The molecule has 0 radical (unpaired) electrons. The number of hydrogen-bond acceptors (Lipinski definition) is 3. The fourth-order valence-corrected chi connectivity index (χ4v) is 2.56. The minimum absolute atomic E-state index is 0.247. The lowest BCUT2D eigenvalue weighted by Crippen LogP contribution is -2.23. The van der Waals surface area contributed by atoms with Gasteiger partial charge in [-0.2, -0.15) is 0 Å². The largest absolute Gasteiger partial charge is 0.497 e. The van der Waals surface area contributed by atoms with Gasteiger partial charge in [0.15, 0.2) is 0 Å². The Balaban J connectivity index is 2.18. The Morgan fingerprint density at radius 2 is 2.20 bits per heavy atom. The van der Waals surface area contributed by atoms with Gasteiger partial charge in [-0.15, -0.1) is 0 Å². The highest BCUT2D eigenvalue weighted by Gasteiger charge is 2.15. The van der Waals surface area contributed by atoms with Gasteiger partial charge >= 0.3 is 0 Å². The first-order chi connectivity index (χ1) is 9.74. The minimum Gasteiger partial charge on any atom is -0.497 e. The molecule has 0 amide bonds. The van der Waals surface area contributed by atoms with E-state index in [-0.39, 0.29) is 6.04 Å². The van der Waals surface area contributed by atoms with E-state index in [9.17, 15) is 0 Å².